The molecular formula is C11H17NO3. The molecule has 0 aromatic heterocycles. The van der Waals surface area contributed by atoms with Gasteiger partial charge in [-0.15, -0.1) is 6.42 Å². The summed E-state index contributed by atoms with van der Waals surface area (Å²) in [7, 11) is 0. The van der Waals surface area contributed by atoms with Gasteiger partial charge in [0.1, 0.15) is 0 Å². The summed E-state index contributed by atoms with van der Waals surface area (Å²) in [5.74, 6) is 1.39. The summed E-state index contributed by atoms with van der Waals surface area (Å²) in [6, 6.07) is 0. The summed E-state index contributed by atoms with van der Waals surface area (Å²) in [4.78, 5) is 21.1. The second-order valence-corrected chi connectivity index (χ2v) is 3.29. The summed E-state index contributed by atoms with van der Waals surface area (Å²) in [6.07, 6.45) is 8.70. The summed E-state index contributed by atoms with van der Waals surface area (Å²) in [6.45, 7) is 0.619. The molecule has 0 atom stereocenters. The zero-order valence-corrected chi connectivity index (χ0v) is 8.79. The molecule has 0 saturated carbocycles. The number of terminal acetylenes is 1. The van der Waals surface area contributed by atoms with Crippen LogP contribution in [0.2, 0.25) is 0 Å². The summed E-state index contributed by atoms with van der Waals surface area (Å²) < 4.78 is 0. The van der Waals surface area contributed by atoms with Crippen molar-refractivity contribution in [2.45, 2.75) is 38.5 Å². The second kappa shape index (κ2) is 9.07. The molecule has 0 aromatic rings. The van der Waals surface area contributed by atoms with Crippen LogP contribution in [0.5, 0.6) is 0 Å². The van der Waals surface area contributed by atoms with Crippen LogP contribution in [0.3, 0.4) is 0 Å². The van der Waals surface area contributed by atoms with Crippen molar-refractivity contribution in [3.05, 3.63) is 0 Å². The molecule has 0 rings (SSSR count). The van der Waals surface area contributed by atoms with E-state index in [4.69, 9.17) is 11.5 Å². The van der Waals surface area contributed by atoms with Crippen molar-refractivity contribution in [1.29, 1.82) is 0 Å². The Morgan fingerprint density at radius 1 is 1.20 bits per heavy atom. The highest BCUT2D eigenvalue weighted by atomic mass is 16.4. The number of hydrogen-bond acceptors (Lipinski definition) is 2. The van der Waals surface area contributed by atoms with E-state index >= 15 is 0 Å². The fourth-order valence-corrected chi connectivity index (χ4v) is 1.14. The first-order valence-corrected chi connectivity index (χ1v) is 5.08. The molecule has 0 aromatic carbocycles. The molecule has 4 nitrogen and oxygen atoms in total. The van der Waals surface area contributed by atoms with Crippen LogP contribution in [0.15, 0.2) is 0 Å². The number of aliphatic carboxylic acids is 1. The summed E-state index contributed by atoms with van der Waals surface area (Å²) >= 11 is 0. The third kappa shape index (κ3) is 10.4. The van der Waals surface area contributed by atoms with Gasteiger partial charge >= 0.3 is 5.97 Å². The molecule has 0 radical (unpaired) electrons. The van der Waals surface area contributed by atoms with Gasteiger partial charge in [0.15, 0.2) is 0 Å². The highest BCUT2D eigenvalue weighted by Gasteiger charge is 1.98. The van der Waals surface area contributed by atoms with E-state index in [0.717, 1.165) is 19.3 Å². The lowest BCUT2D eigenvalue weighted by Crippen LogP contribution is -2.23. The van der Waals surface area contributed by atoms with Crippen molar-refractivity contribution in [3.63, 3.8) is 0 Å². The van der Waals surface area contributed by atoms with E-state index in [0.29, 0.717) is 13.0 Å². The van der Waals surface area contributed by atoms with E-state index in [2.05, 4.69) is 11.2 Å². The van der Waals surface area contributed by atoms with Gasteiger partial charge in [0.2, 0.25) is 5.91 Å². The average molecular weight is 211 g/mol. The van der Waals surface area contributed by atoms with Gasteiger partial charge in [-0.1, -0.05) is 18.8 Å². The van der Waals surface area contributed by atoms with Crippen molar-refractivity contribution in [1.82, 2.24) is 5.32 Å². The molecule has 1 amide bonds. The van der Waals surface area contributed by atoms with Gasteiger partial charge in [-0.25, -0.2) is 0 Å². The van der Waals surface area contributed by atoms with Gasteiger partial charge in [-0.05, 0) is 12.8 Å². The first-order valence-electron chi connectivity index (χ1n) is 5.08. The molecule has 0 aliphatic heterocycles. The Hall–Kier alpha value is -1.50. The minimum absolute atomic E-state index is 0.122. The van der Waals surface area contributed by atoms with E-state index in [1.807, 2.05) is 0 Å². The van der Waals surface area contributed by atoms with Crippen LogP contribution in [-0.2, 0) is 9.59 Å². The van der Waals surface area contributed by atoms with E-state index in [1.54, 1.807) is 0 Å². The lowest BCUT2D eigenvalue weighted by atomic mass is 10.1. The largest absolute Gasteiger partial charge is 0.481 e. The minimum Gasteiger partial charge on any atom is -0.481 e. The van der Waals surface area contributed by atoms with E-state index in [-0.39, 0.29) is 18.7 Å². The Kier molecular flexibility index (Phi) is 8.16. The maximum atomic E-state index is 10.9. The minimum atomic E-state index is -0.752. The lowest BCUT2D eigenvalue weighted by Gasteiger charge is -2.02. The molecule has 0 heterocycles. The van der Waals surface area contributed by atoms with E-state index in [9.17, 15) is 9.59 Å². The molecule has 2 N–H and O–H groups in total. The zero-order chi connectivity index (χ0) is 11.5. The van der Waals surface area contributed by atoms with E-state index < -0.39 is 5.97 Å². The molecule has 0 fully saturated rings. The number of hydrogen-bond donors (Lipinski definition) is 2. The first kappa shape index (κ1) is 13.5. The Balaban J connectivity index is 3.15. The number of unbranched alkanes of at least 4 members (excludes halogenated alkanes) is 3. The van der Waals surface area contributed by atoms with Gasteiger partial charge in [0.25, 0.3) is 0 Å². The van der Waals surface area contributed by atoms with Gasteiger partial charge in [-0.2, -0.15) is 0 Å². The topological polar surface area (TPSA) is 66.4 Å². The number of carboxylic acid groups (broad SMARTS) is 1. The van der Waals surface area contributed by atoms with Crippen LogP contribution in [0.4, 0.5) is 0 Å². The van der Waals surface area contributed by atoms with Crippen LogP contribution >= 0.6 is 0 Å². The molecule has 0 unspecified atom stereocenters. The average Bonchev–Trinajstić information content (AvgIpc) is 2.16. The fraction of sp³-hybridized carbons (Fsp3) is 0.636. The van der Waals surface area contributed by atoms with Crippen LogP contribution < -0.4 is 5.32 Å². The van der Waals surface area contributed by atoms with Crippen LogP contribution in [-0.4, -0.2) is 23.5 Å². The lowest BCUT2D eigenvalue weighted by molar-refractivity contribution is -0.137. The fourth-order valence-electron chi connectivity index (χ4n) is 1.14. The van der Waals surface area contributed by atoms with Crippen molar-refractivity contribution in [3.8, 4) is 12.3 Å². The van der Waals surface area contributed by atoms with Crippen LogP contribution in [0.1, 0.15) is 38.5 Å². The Labute approximate surface area is 90.1 Å². The normalized spacial score (nSPS) is 9.27. The molecule has 0 aliphatic carbocycles. The molecule has 15 heavy (non-hydrogen) atoms. The third-order valence-corrected chi connectivity index (χ3v) is 1.90. The van der Waals surface area contributed by atoms with Crippen LogP contribution in [0.25, 0.3) is 0 Å². The quantitative estimate of drug-likeness (QED) is 0.467. The second-order valence-electron chi connectivity index (χ2n) is 3.29. The van der Waals surface area contributed by atoms with Gasteiger partial charge in [0.05, 0.1) is 6.42 Å². The van der Waals surface area contributed by atoms with Crippen LogP contribution in [0, 0.1) is 12.3 Å². The predicted octanol–water partition coefficient (Wildman–Crippen LogP) is 1.16. The molecule has 0 spiro atoms. The Morgan fingerprint density at radius 2 is 1.87 bits per heavy atom. The highest BCUT2D eigenvalue weighted by Crippen LogP contribution is 2.02. The van der Waals surface area contributed by atoms with Gasteiger partial charge in [0, 0.05) is 13.0 Å². The third-order valence-electron chi connectivity index (χ3n) is 1.90. The maximum Gasteiger partial charge on any atom is 0.303 e. The van der Waals surface area contributed by atoms with Crippen molar-refractivity contribution in [2.24, 2.45) is 0 Å². The summed E-state index contributed by atoms with van der Waals surface area (Å²) in [5, 5.41) is 11.1. The number of carbonyl (C=O) groups is 2. The van der Waals surface area contributed by atoms with Crippen molar-refractivity contribution >= 4 is 11.9 Å². The van der Waals surface area contributed by atoms with Gasteiger partial charge < -0.3 is 10.4 Å². The number of carboxylic acids is 1. The Bertz CT molecular complexity index is 243. The molecule has 0 saturated heterocycles. The monoisotopic (exact) mass is 211 g/mol. The molecule has 0 bridgehead atoms. The predicted molar refractivity (Wildman–Crippen MR) is 57.2 cm³/mol. The number of nitrogens with one attached hydrogen (secondary N) is 1. The maximum absolute atomic E-state index is 10.9. The highest BCUT2D eigenvalue weighted by molar-refractivity contribution is 5.78. The standard InChI is InChI=1S/C11H17NO3/c1-2-7-10(13)12-9-6-4-3-5-8-11(14)15/h1H,3-9H2,(H,12,13)(H,14,15). The van der Waals surface area contributed by atoms with Crippen molar-refractivity contribution in [2.75, 3.05) is 6.54 Å². The Morgan fingerprint density at radius 3 is 2.47 bits per heavy atom. The SMILES string of the molecule is C#CCC(=O)NCCCCCCC(=O)O. The summed E-state index contributed by atoms with van der Waals surface area (Å²) in [5.41, 5.74) is 0. The first-order chi connectivity index (χ1) is 7.16. The molecule has 84 valence electrons. The molecule has 0 aliphatic rings. The number of amides is 1. The number of rotatable bonds is 8. The number of carbonyl (C=O) groups excluding carboxylic acids is 1. The van der Waals surface area contributed by atoms with Gasteiger partial charge in [-0.3, -0.25) is 9.59 Å². The van der Waals surface area contributed by atoms with Crippen molar-refractivity contribution < 1.29 is 14.7 Å². The van der Waals surface area contributed by atoms with E-state index in [1.165, 1.54) is 0 Å². The molecule has 4 heteroatoms. The molecular weight excluding hydrogens is 194 g/mol. The zero-order valence-electron chi connectivity index (χ0n) is 8.79. The smallest absolute Gasteiger partial charge is 0.303 e.